The summed E-state index contributed by atoms with van der Waals surface area (Å²) in [4.78, 5) is 12.1. The van der Waals surface area contributed by atoms with Crippen LogP contribution >= 0.6 is 11.6 Å². The number of hydrogen-bond acceptors (Lipinski definition) is 4. The highest BCUT2D eigenvalue weighted by Crippen LogP contribution is 2.18. The summed E-state index contributed by atoms with van der Waals surface area (Å²) in [7, 11) is 0. The highest BCUT2D eigenvalue weighted by molar-refractivity contribution is 6.34. The van der Waals surface area contributed by atoms with Crippen LogP contribution in [0.5, 0.6) is 0 Å². The molecule has 0 fully saturated rings. The number of benzene rings is 1. The van der Waals surface area contributed by atoms with E-state index in [9.17, 15) is 4.79 Å². The van der Waals surface area contributed by atoms with E-state index in [4.69, 9.17) is 16.0 Å². The number of nitrogens with one attached hydrogen (secondary N) is 2. The van der Waals surface area contributed by atoms with Crippen LogP contribution in [0.1, 0.15) is 23.0 Å². The lowest BCUT2D eigenvalue weighted by molar-refractivity contribution is 0.0950. The second kappa shape index (κ2) is 6.50. The monoisotopic (exact) mass is 328 g/mol. The Labute approximate surface area is 137 Å². The number of carbonyl (C=O) groups is 1. The molecule has 2 N–H and O–H groups in total. The van der Waals surface area contributed by atoms with Crippen molar-refractivity contribution in [3.63, 3.8) is 0 Å². The molecule has 0 aliphatic carbocycles. The van der Waals surface area contributed by atoms with E-state index in [1.54, 1.807) is 37.5 Å². The van der Waals surface area contributed by atoms with Crippen LogP contribution in [0.2, 0.25) is 5.02 Å². The third-order valence-electron chi connectivity index (χ3n) is 3.19. The molecular weight excluding hydrogens is 316 g/mol. The van der Waals surface area contributed by atoms with Crippen LogP contribution in [0.3, 0.4) is 0 Å². The summed E-state index contributed by atoms with van der Waals surface area (Å²) in [6, 6.07) is 12.4. The molecule has 1 aromatic carbocycles. The van der Waals surface area contributed by atoms with Crippen LogP contribution in [-0.2, 0) is 0 Å². The SMILES string of the molecule is CC(=NNC(=O)c1cc(-c2ccco2)[nH]n1)c1ccccc1Cl. The number of H-pyrrole nitrogens is 1. The van der Waals surface area contributed by atoms with Gasteiger partial charge in [0.2, 0.25) is 0 Å². The predicted octanol–water partition coefficient (Wildman–Crippen LogP) is 3.48. The number of carbonyl (C=O) groups excluding carboxylic acids is 1. The first-order valence-corrected chi connectivity index (χ1v) is 7.22. The first kappa shape index (κ1) is 15.1. The van der Waals surface area contributed by atoms with E-state index >= 15 is 0 Å². The number of rotatable bonds is 4. The molecule has 0 unspecified atom stereocenters. The molecule has 0 saturated heterocycles. The molecule has 2 aromatic heterocycles. The molecule has 23 heavy (non-hydrogen) atoms. The van der Waals surface area contributed by atoms with Crippen LogP contribution in [0.15, 0.2) is 58.2 Å². The van der Waals surface area contributed by atoms with Gasteiger partial charge in [0.05, 0.1) is 12.0 Å². The molecule has 6 nitrogen and oxygen atoms in total. The van der Waals surface area contributed by atoms with E-state index in [1.807, 2.05) is 18.2 Å². The van der Waals surface area contributed by atoms with Crippen LogP contribution in [0, 0.1) is 0 Å². The summed E-state index contributed by atoms with van der Waals surface area (Å²) in [5.74, 6) is 0.178. The van der Waals surface area contributed by atoms with Gasteiger partial charge in [-0.15, -0.1) is 0 Å². The van der Waals surface area contributed by atoms with Crippen LogP contribution < -0.4 is 5.43 Å². The van der Waals surface area contributed by atoms with Crippen molar-refractivity contribution in [1.29, 1.82) is 0 Å². The van der Waals surface area contributed by atoms with Crippen LogP contribution in [-0.4, -0.2) is 21.8 Å². The predicted molar refractivity (Wildman–Crippen MR) is 87.4 cm³/mol. The standard InChI is InChI=1S/C16H13ClN4O2/c1-10(11-5-2-3-6-12(11)17)18-21-16(22)14-9-13(19-20-14)15-7-4-8-23-15/h2-9H,1H3,(H,19,20)(H,21,22). The van der Waals surface area contributed by atoms with Gasteiger partial charge in [-0.2, -0.15) is 10.2 Å². The van der Waals surface area contributed by atoms with Crippen LogP contribution in [0.4, 0.5) is 0 Å². The highest BCUT2D eigenvalue weighted by atomic mass is 35.5. The van der Waals surface area contributed by atoms with Gasteiger partial charge in [-0.3, -0.25) is 9.89 Å². The van der Waals surface area contributed by atoms with E-state index in [0.29, 0.717) is 22.2 Å². The maximum Gasteiger partial charge on any atom is 0.291 e. The van der Waals surface area contributed by atoms with Gasteiger partial charge in [-0.25, -0.2) is 5.43 Å². The number of hydrazone groups is 1. The summed E-state index contributed by atoms with van der Waals surface area (Å²) in [6.07, 6.45) is 1.55. The molecule has 0 atom stereocenters. The van der Waals surface area contributed by atoms with E-state index in [0.717, 1.165) is 5.56 Å². The van der Waals surface area contributed by atoms with Gasteiger partial charge >= 0.3 is 0 Å². The summed E-state index contributed by atoms with van der Waals surface area (Å²) in [5, 5.41) is 11.3. The molecule has 0 aliphatic rings. The average molecular weight is 329 g/mol. The number of aromatic amines is 1. The summed E-state index contributed by atoms with van der Waals surface area (Å²) in [5.41, 5.74) is 4.65. The molecule has 1 amide bonds. The van der Waals surface area contributed by atoms with E-state index in [1.165, 1.54) is 0 Å². The van der Waals surface area contributed by atoms with Crippen molar-refractivity contribution in [1.82, 2.24) is 15.6 Å². The van der Waals surface area contributed by atoms with Gasteiger partial charge < -0.3 is 4.42 Å². The smallest absolute Gasteiger partial charge is 0.291 e. The Morgan fingerprint density at radius 3 is 2.87 bits per heavy atom. The Morgan fingerprint density at radius 1 is 1.30 bits per heavy atom. The molecule has 3 aromatic rings. The fraction of sp³-hybridized carbons (Fsp3) is 0.0625. The van der Waals surface area contributed by atoms with Crippen molar-refractivity contribution < 1.29 is 9.21 Å². The second-order valence-corrected chi connectivity index (χ2v) is 5.17. The number of hydrogen-bond donors (Lipinski definition) is 2. The average Bonchev–Trinajstić information content (AvgIpc) is 3.23. The van der Waals surface area contributed by atoms with Crippen molar-refractivity contribution in [3.05, 3.63) is 65.0 Å². The second-order valence-electron chi connectivity index (χ2n) is 4.76. The van der Waals surface area contributed by atoms with Crippen molar-refractivity contribution in [3.8, 4) is 11.5 Å². The fourth-order valence-corrected chi connectivity index (χ4v) is 2.28. The lowest BCUT2D eigenvalue weighted by atomic mass is 10.1. The van der Waals surface area contributed by atoms with Crippen molar-refractivity contribution in [2.75, 3.05) is 0 Å². The minimum Gasteiger partial charge on any atom is -0.463 e. The zero-order chi connectivity index (χ0) is 16.2. The summed E-state index contributed by atoms with van der Waals surface area (Å²) < 4.78 is 5.24. The van der Waals surface area contributed by atoms with Gasteiger partial charge in [0.25, 0.3) is 5.91 Å². The third-order valence-corrected chi connectivity index (χ3v) is 3.52. The molecule has 0 radical (unpaired) electrons. The van der Waals surface area contributed by atoms with Crippen molar-refractivity contribution in [2.45, 2.75) is 6.92 Å². The van der Waals surface area contributed by atoms with Crippen LogP contribution in [0.25, 0.3) is 11.5 Å². The van der Waals surface area contributed by atoms with E-state index in [2.05, 4.69) is 20.7 Å². The molecule has 0 saturated carbocycles. The van der Waals surface area contributed by atoms with E-state index < -0.39 is 5.91 Å². The summed E-state index contributed by atoms with van der Waals surface area (Å²) >= 11 is 6.09. The largest absolute Gasteiger partial charge is 0.463 e. The number of furan rings is 1. The molecule has 0 spiro atoms. The molecule has 0 bridgehead atoms. The molecule has 2 heterocycles. The fourth-order valence-electron chi connectivity index (χ4n) is 2.00. The van der Waals surface area contributed by atoms with Gasteiger partial charge in [0, 0.05) is 16.7 Å². The number of halogens is 1. The highest BCUT2D eigenvalue weighted by Gasteiger charge is 2.12. The number of aromatic nitrogens is 2. The minimum atomic E-state index is -0.426. The maximum atomic E-state index is 12.1. The topological polar surface area (TPSA) is 83.3 Å². The molecule has 0 aliphatic heterocycles. The first-order valence-electron chi connectivity index (χ1n) is 6.84. The molecule has 7 heteroatoms. The molecule has 116 valence electrons. The number of nitrogens with zero attached hydrogens (tertiary/aromatic N) is 2. The Kier molecular flexibility index (Phi) is 4.25. The minimum absolute atomic E-state index is 0.215. The molecule has 3 rings (SSSR count). The zero-order valence-corrected chi connectivity index (χ0v) is 13.0. The van der Waals surface area contributed by atoms with Gasteiger partial charge in [-0.1, -0.05) is 29.8 Å². The van der Waals surface area contributed by atoms with Crippen molar-refractivity contribution in [2.24, 2.45) is 5.10 Å². The zero-order valence-electron chi connectivity index (χ0n) is 12.2. The first-order chi connectivity index (χ1) is 11.1. The quantitative estimate of drug-likeness (QED) is 0.568. The normalized spacial score (nSPS) is 11.5. The Morgan fingerprint density at radius 2 is 2.13 bits per heavy atom. The maximum absolute atomic E-state index is 12.1. The van der Waals surface area contributed by atoms with Gasteiger partial charge in [-0.05, 0) is 25.1 Å². The van der Waals surface area contributed by atoms with Gasteiger partial charge in [0.15, 0.2) is 11.5 Å². The lowest BCUT2D eigenvalue weighted by Crippen LogP contribution is -2.19. The Hall–Kier alpha value is -2.86. The summed E-state index contributed by atoms with van der Waals surface area (Å²) in [6.45, 7) is 1.76. The Bertz CT molecular complexity index is 853. The lowest BCUT2D eigenvalue weighted by Gasteiger charge is -2.03. The number of amides is 1. The van der Waals surface area contributed by atoms with E-state index in [-0.39, 0.29) is 5.69 Å². The third kappa shape index (κ3) is 3.32. The Balaban J connectivity index is 1.72. The molecular formula is C16H13ClN4O2. The van der Waals surface area contributed by atoms with Gasteiger partial charge in [0.1, 0.15) is 5.69 Å². The van der Waals surface area contributed by atoms with Crippen molar-refractivity contribution >= 4 is 23.2 Å².